The SMILES string of the molecule is C=N/C(=C\C=C(/C)O)C[C@H]1C(=O)N(Cc2cccc3sc(N)nc23)C[C@H]2N1C(=O)CN2N(CCC)C(=O)NCCCC. The number of nitrogens with zero attached hydrogens (tertiary/aromatic N) is 6. The third-order valence-corrected chi connectivity index (χ3v) is 8.21. The first-order chi connectivity index (χ1) is 20.2. The van der Waals surface area contributed by atoms with Crippen molar-refractivity contribution in [2.24, 2.45) is 4.99 Å². The highest BCUT2D eigenvalue weighted by molar-refractivity contribution is 7.22. The Balaban J connectivity index is 1.71. The molecule has 0 saturated carbocycles. The number of benzene rings is 1. The van der Waals surface area contributed by atoms with Crippen LogP contribution >= 0.6 is 11.3 Å². The average Bonchev–Trinajstić information content (AvgIpc) is 3.50. The lowest BCUT2D eigenvalue weighted by atomic mass is 10.0. The van der Waals surface area contributed by atoms with Gasteiger partial charge in [-0.2, -0.15) is 5.01 Å². The van der Waals surface area contributed by atoms with Crippen molar-refractivity contribution < 1.29 is 19.5 Å². The lowest BCUT2D eigenvalue weighted by Crippen LogP contribution is -2.65. The molecule has 2 aliphatic rings. The van der Waals surface area contributed by atoms with Gasteiger partial charge in [-0.15, -0.1) is 0 Å². The van der Waals surface area contributed by atoms with Gasteiger partial charge in [0.2, 0.25) is 11.8 Å². The lowest BCUT2D eigenvalue weighted by Gasteiger charge is -2.46. The number of nitrogen functional groups attached to an aromatic ring is 1. The monoisotopic (exact) mass is 596 g/mol. The predicted molar refractivity (Wildman–Crippen MR) is 165 cm³/mol. The number of aliphatic imine (C=N–C) groups is 1. The fraction of sp³-hybridized carbons (Fsp3) is 0.483. The average molecular weight is 597 g/mol. The number of thiazole rings is 1. The number of amides is 4. The number of aliphatic hydroxyl groups excluding tert-OH is 1. The Labute approximate surface area is 250 Å². The van der Waals surface area contributed by atoms with Crippen molar-refractivity contribution in [2.45, 2.75) is 65.2 Å². The van der Waals surface area contributed by atoms with Crippen LogP contribution in [-0.2, 0) is 16.1 Å². The number of hydrazine groups is 1. The number of fused-ring (bicyclic) bond motifs is 2. The summed E-state index contributed by atoms with van der Waals surface area (Å²) >= 11 is 1.38. The Morgan fingerprint density at radius 2 is 2.10 bits per heavy atom. The second-order valence-corrected chi connectivity index (χ2v) is 11.5. The third kappa shape index (κ3) is 6.73. The van der Waals surface area contributed by atoms with Gasteiger partial charge in [-0.1, -0.05) is 43.7 Å². The summed E-state index contributed by atoms with van der Waals surface area (Å²) in [5.74, 6) is -0.406. The van der Waals surface area contributed by atoms with Crippen LogP contribution in [0.5, 0.6) is 0 Å². The van der Waals surface area contributed by atoms with E-state index < -0.39 is 12.2 Å². The molecule has 2 atom stereocenters. The molecule has 1 aromatic heterocycles. The van der Waals surface area contributed by atoms with Gasteiger partial charge in [0.1, 0.15) is 12.2 Å². The Morgan fingerprint density at radius 1 is 1.31 bits per heavy atom. The van der Waals surface area contributed by atoms with Crippen LogP contribution < -0.4 is 11.1 Å². The number of carbonyl (C=O) groups is 3. The Hall–Kier alpha value is -3.97. The van der Waals surface area contributed by atoms with E-state index in [4.69, 9.17) is 5.73 Å². The van der Waals surface area contributed by atoms with E-state index in [2.05, 4.69) is 28.9 Å². The number of unbranched alkanes of at least 4 members (excludes halogenated alkanes) is 1. The number of aliphatic hydroxyl groups is 1. The van der Waals surface area contributed by atoms with Gasteiger partial charge in [-0.3, -0.25) is 19.6 Å². The first-order valence-electron chi connectivity index (χ1n) is 14.3. The van der Waals surface area contributed by atoms with Crippen molar-refractivity contribution >= 4 is 51.2 Å². The minimum Gasteiger partial charge on any atom is -0.513 e. The Bertz CT molecular complexity index is 1380. The quantitative estimate of drug-likeness (QED) is 0.147. The van der Waals surface area contributed by atoms with Crippen LogP contribution in [0.4, 0.5) is 9.93 Å². The zero-order chi connectivity index (χ0) is 30.4. The van der Waals surface area contributed by atoms with E-state index in [1.165, 1.54) is 24.3 Å². The predicted octanol–water partition coefficient (Wildman–Crippen LogP) is 3.63. The summed E-state index contributed by atoms with van der Waals surface area (Å²) in [6.07, 6.45) is 5.09. The topological polar surface area (TPSA) is 148 Å². The van der Waals surface area contributed by atoms with Crippen molar-refractivity contribution in [1.29, 1.82) is 0 Å². The molecule has 0 unspecified atom stereocenters. The maximum absolute atomic E-state index is 14.1. The highest BCUT2D eigenvalue weighted by Crippen LogP contribution is 2.33. The van der Waals surface area contributed by atoms with Gasteiger partial charge in [0, 0.05) is 31.8 Å². The van der Waals surface area contributed by atoms with E-state index in [0.29, 0.717) is 30.3 Å². The molecule has 2 saturated heterocycles. The number of nitrogens with two attached hydrogens (primary N) is 1. The van der Waals surface area contributed by atoms with E-state index in [1.54, 1.807) is 25.9 Å². The van der Waals surface area contributed by atoms with E-state index >= 15 is 0 Å². The zero-order valence-corrected chi connectivity index (χ0v) is 25.3. The molecule has 2 fully saturated rings. The molecule has 4 N–H and O–H groups in total. The largest absolute Gasteiger partial charge is 0.513 e. The summed E-state index contributed by atoms with van der Waals surface area (Å²) in [6.45, 7) is 10.6. The van der Waals surface area contributed by atoms with Crippen molar-refractivity contribution in [1.82, 2.24) is 30.1 Å². The standard InChI is InChI=1S/C29H40N8O4S/c1-5-7-13-32-29(41)35(14-6-2)36-18-25(39)37-22(15-21(31-4)12-11-19(3)38)27(40)34(17-24(36)37)16-20-9-8-10-23-26(20)33-28(30)42-23/h8-12,22,24,38H,4-7,13-18H2,1-3H3,(H2,30,33)(H,32,41)/b19-11+,21-12-/t22-,24+/m0/s1. The minimum absolute atomic E-state index is 0.0299. The summed E-state index contributed by atoms with van der Waals surface area (Å²) < 4.78 is 0.926. The molecule has 2 aliphatic heterocycles. The molecule has 0 spiro atoms. The third-order valence-electron chi connectivity index (χ3n) is 7.36. The maximum atomic E-state index is 14.1. The number of urea groups is 1. The first kappa shape index (κ1) is 31.0. The van der Waals surface area contributed by atoms with E-state index in [9.17, 15) is 19.5 Å². The van der Waals surface area contributed by atoms with Crippen LogP contribution in [0.2, 0.25) is 0 Å². The van der Waals surface area contributed by atoms with Gasteiger partial charge in [0.05, 0.1) is 29.1 Å². The number of anilines is 1. The molecule has 42 heavy (non-hydrogen) atoms. The number of rotatable bonds is 12. The second-order valence-electron chi connectivity index (χ2n) is 10.5. The number of nitrogens with one attached hydrogen (secondary N) is 1. The first-order valence-corrected chi connectivity index (χ1v) is 15.1. The van der Waals surface area contributed by atoms with Crippen LogP contribution in [0, 0.1) is 0 Å². The van der Waals surface area contributed by atoms with Gasteiger partial charge < -0.3 is 26.0 Å². The van der Waals surface area contributed by atoms with Gasteiger partial charge in [-0.25, -0.2) is 9.78 Å². The van der Waals surface area contributed by atoms with Crippen LogP contribution in [0.3, 0.4) is 0 Å². The zero-order valence-electron chi connectivity index (χ0n) is 24.5. The van der Waals surface area contributed by atoms with Gasteiger partial charge in [-0.05, 0) is 50.3 Å². The van der Waals surface area contributed by atoms with Crippen molar-refractivity contribution in [2.75, 3.05) is 31.9 Å². The lowest BCUT2D eigenvalue weighted by molar-refractivity contribution is -0.157. The molecule has 1 aromatic carbocycles. The fourth-order valence-electron chi connectivity index (χ4n) is 5.37. The molecule has 13 heteroatoms. The normalized spacial score (nSPS) is 19.9. The van der Waals surface area contributed by atoms with Crippen molar-refractivity contribution in [3.8, 4) is 0 Å². The summed E-state index contributed by atoms with van der Waals surface area (Å²) in [4.78, 5) is 52.8. The number of allylic oxidation sites excluding steroid dienone is 3. The van der Waals surface area contributed by atoms with E-state index in [1.807, 2.05) is 25.1 Å². The number of hydrogen-bond acceptors (Lipinski definition) is 9. The van der Waals surface area contributed by atoms with Crippen LogP contribution in [0.1, 0.15) is 52.0 Å². The molecule has 0 bridgehead atoms. The highest BCUT2D eigenvalue weighted by Gasteiger charge is 2.52. The van der Waals surface area contributed by atoms with E-state index in [-0.39, 0.29) is 49.7 Å². The number of hydrogen-bond donors (Lipinski definition) is 3. The molecular formula is C29H40N8O4S. The molecule has 226 valence electrons. The van der Waals surface area contributed by atoms with E-state index in [0.717, 1.165) is 28.6 Å². The van der Waals surface area contributed by atoms with Crippen LogP contribution in [-0.4, -0.2) is 92.9 Å². The Kier molecular flexibility index (Phi) is 10.2. The van der Waals surface area contributed by atoms with Gasteiger partial charge in [0.25, 0.3) is 0 Å². The molecule has 0 radical (unpaired) electrons. The smallest absolute Gasteiger partial charge is 0.332 e. The number of carbonyl (C=O) groups excluding carboxylic acids is 3. The van der Waals surface area contributed by atoms with Gasteiger partial charge >= 0.3 is 6.03 Å². The maximum Gasteiger partial charge on any atom is 0.332 e. The van der Waals surface area contributed by atoms with Crippen molar-refractivity contribution in [3.63, 3.8) is 0 Å². The molecule has 12 nitrogen and oxygen atoms in total. The fourth-order valence-corrected chi connectivity index (χ4v) is 6.15. The van der Waals surface area contributed by atoms with Crippen molar-refractivity contribution in [3.05, 3.63) is 47.4 Å². The number of aromatic nitrogens is 1. The molecule has 0 aliphatic carbocycles. The summed E-state index contributed by atoms with van der Waals surface area (Å²) in [7, 11) is 0. The molecule has 3 heterocycles. The molecule has 2 aromatic rings. The summed E-state index contributed by atoms with van der Waals surface area (Å²) in [6, 6.07) is 4.63. The van der Waals surface area contributed by atoms with Gasteiger partial charge in [0.15, 0.2) is 5.13 Å². The molecule has 4 rings (SSSR count). The summed E-state index contributed by atoms with van der Waals surface area (Å²) in [5, 5.41) is 16.5. The minimum atomic E-state index is -0.878. The van der Waals surface area contributed by atoms with Crippen LogP contribution in [0.25, 0.3) is 10.2 Å². The Morgan fingerprint density at radius 3 is 2.79 bits per heavy atom. The van der Waals surface area contributed by atoms with Crippen LogP contribution in [0.15, 0.2) is 46.8 Å². The number of piperazine rings is 1. The summed E-state index contributed by atoms with van der Waals surface area (Å²) in [5.41, 5.74) is 8.02. The number of para-hydroxylation sites is 1. The highest BCUT2D eigenvalue weighted by atomic mass is 32.1. The molecule has 4 amide bonds. The second kappa shape index (κ2) is 13.8. The molecular weight excluding hydrogens is 556 g/mol.